The molecule has 3 N–H and O–H groups in total. The molecular weight excluding hydrogens is 539 g/mol. The van der Waals surface area contributed by atoms with Gasteiger partial charge < -0.3 is 20.1 Å². The third-order valence-electron chi connectivity index (χ3n) is 5.68. The summed E-state index contributed by atoms with van der Waals surface area (Å²) in [4.78, 5) is 40.5. The normalized spacial score (nSPS) is 14.0. The van der Waals surface area contributed by atoms with Crippen molar-refractivity contribution in [3.63, 3.8) is 0 Å². The molecule has 4 rings (SSSR count). The molecule has 1 fully saturated rings. The number of sulfone groups is 1. The lowest BCUT2D eigenvalue weighted by Gasteiger charge is -2.12. The molecule has 3 aromatic rings. The number of ether oxygens (including phenoxy) is 2. The Labute approximate surface area is 221 Å². The fraction of sp³-hybridized carbons (Fsp3) is 0.333. The summed E-state index contributed by atoms with van der Waals surface area (Å²) >= 11 is 0.934. The van der Waals surface area contributed by atoms with E-state index in [-0.39, 0.29) is 34.4 Å². The summed E-state index contributed by atoms with van der Waals surface area (Å²) in [5, 5.41) is 5.85. The number of halogens is 1. The number of hydrogen-bond acceptors (Lipinski definition) is 9. The van der Waals surface area contributed by atoms with Crippen molar-refractivity contribution in [3.05, 3.63) is 41.2 Å². The zero-order chi connectivity index (χ0) is 27.6. The molecule has 1 aliphatic rings. The number of benzene rings is 2. The second-order valence-corrected chi connectivity index (χ2v) is 11.8. The third-order valence-corrected chi connectivity index (χ3v) is 8.21. The van der Waals surface area contributed by atoms with Gasteiger partial charge in [0.1, 0.15) is 16.6 Å². The van der Waals surface area contributed by atoms with Crippen molar-refractivity contribution in [2.24, 2.45) is 0 Å². The van der Waals surface area contributed by atoms with Gasteiger partial charge in [0.15, 0.2) is 15.1 Å². The molecule has 0 saturated heterocycles. The van der Waals surface area contributed by atoms with E-state index in [9.17, 15) is 22.8 Å². The van der Waals surface area contributed by atoms with Gasteiger partial charge >= 0.3 is 6.09 Å². The van der Waals surface area contributed by atoms with Crippen LogP contribution in [0.5, 0.6) is 5.75 Å². The first kappa shape index (κ1) is 27.3. The molecule has 1 unspecified atom stereocenters. The van der Waals surface area contributed by atoms with Crippen LogP contribution < -0.4 is 20.7 Å². The molecule has 3 amide bonds. The second-order valence-electron chi connectivity index (χ2n) is 8.65. The highest BCUT2D eigenvalue weighted by Crippen LogP contribution is 2.37. The third kappa shape index (κ3) is 6.19. The number of carbonyl (C=O) groups excluding carboxylic acids is 3. The van der Waals surface area contributed by atoms with Gasteiger partial charge in [0.05, 0.1) is 36.7 Å². The van der Waals surface area contributed by atoms with Crippen LogP contribution in [0.3, 0.4) is 0 Å². The Bertz CT molecular complexity index is 1520. The number of nitrogens with one attached hydrogen (secondary N) is 3. The first-order chi connectivity index (χ1) is 18.0. The zero-order valence-electron chi connectivity index (χ0n) is 20.7. The minimum absolute atomic E-state index is 0.0469. The van der Waals surface area contributed by atoms with Gasteiger partial charge in [-0.1, -0.05) is 6.07 Å². The lowest BCUT2D eigenvalue weighted by molar-refractivity contribution is -0.126. The summed E-state index contributed by atoms with van der Waals surface area (Å²) in [5.74, 6) is -1.68. The maximum absolute atomic E-state index is 15.1. The van der Waals surface area contributed by atoms with Crippen LogP contribution in [-0.2, 0) is 24.2 Å². The molecule has 38 heavy (non-hydrogen) atoms. The monoisotopic (exact) mass is 564 g/mol. The smallest absolute Gasteiger partial charge is 0.411 e. The topological polar surface area (TPSA) is 153 Å². The number of rotatable bonds is 9. The number of thiazole rings is 1. The van der Waals surface area contributed by atoms with Crippen molar-refractivity contribution in [2.75, 3.05) is 32.3 Å². The summed E-state index contributed by atoms with van der Waals surface area (Å²) in [6, 6.07) is 7.36. The molecule has 202 valence electrons. The van der Waals surface area contributed by atoms with Crippen molar-refractivity contribution < 1.29 is 36.7 Å². The number of anilines is 1. The van der Waals surface area contributed by atoms with Crippen molar-refractivity contribution in [3.8, 4) is 16.9 Å². The quantitative estimate of drug-likeness (QED) is 0.359. The van der Waals surface area contributed by atoms with Crippen LogP contribution in [0.25, 0.3) is 21.3 Å². The number of carbonyl (C=O) groups is 3. The summed E-state index contributed by atoms with van der Waals surface area (Å²) in [5.41, 5.74) is 1.09. The maximum atomic E-state index is 15.1. The van der Waals surface area contributed by atoms with E-state index in [1.807, 2.05) is 0 Å². The minimum Gasteiger partial charge on any atom is -0.495 e. The summed E-state index contributed by atoms with van der Waals surface area (Å²) in [6.45, 7) is -0.367. The molecule has 0 aliphatic heterocycles. The van der Waals surface area contributed by atoms with Crippen LogP contribution in [0.15, 0.2) is 30.3 Å². The van der Waals surface area contributed by atoms with E-state index in [1.165, 1.54) is 32.4 Å². The molecule has 14 heteroatoms. The molecule has 1 atom stereocenters. The van der Waals surface area contributed by atoms with Gasteiger partial charge in [-0.25, -0.2) is 22.6 Å². The Balaban J connectivity index is 1.63. The fourth-order valence-electron chi connectivity index (χ4n) is 3.68. The van der Waals surface area contributed by atoms with Crippen molar-refractivity contribution in [1.82, 2.24) is 15.6 Å². The van der Waals surface area contributed by atoms with Gasteiger partial charge in [0.2, 0.25) is 11.8 Å². The zero-order valence-corrected chi connectivity index (χ0v) is 22.3. The summed E-state index contributed by atoms with van der Waals surface area (Å²) in [6.07, 6.45) is 1.94. The highest BCUT2D eigenvalue weighted by atomic mass is 32.2. The van der Waals surface area contributed by atoms with E-state index >= 15 is 4.39 Å². The predicted molar refractivity (Wildman–Crippen MR) is 139 cm³/mol. The van der Waals surface area contributed by atoms with E-state index < -0.39 is 38.8 Å². The molecule has 1 heterocycles. The van der Waals surface area contributed by atoms with E-state index in [0.717, 1.165) is 36.5 Å². The average molecular weight is 565 g/mol. The molecule has 0 bridgehead atoms. The molecule has 1 aliphatic carbocycles. The number of amides is 3. The van der Waals surface area contributed by atoms with E-state index in [0.29, 0.717) is 16.0 Å². The van der Waals surface area contributed by atoms with E-state index in [2.05, 4.69) is 25.7 Å². The van der Waals surface area contributed by atoms with Crippen LogP contribution in [0.2, 0.25) is 0 Å². The first-order valence-corrected chi connectivity index (χ1v) is 14.2. The molecule has 1 aromatic heterocycles. The molecule has 0 spiro atoms. The summed E-state index contributed by atoms with van der Waals surface area (Å²) in [7, 11) is -1.37. The molecule has 0 radical (unpaired) electrons. The lowest BCUT2D eigenvalue weighted by Crippen LogP contribution is -2.41. The highest BCUT2D eigenvalue weighted by Gasteiger charge is 2.34. The van der Waals surface area contributed by atoms with Gasteiger partial charge in [0, 0.05) is 23.9 Å². The SMILES string of the molecule is COC(=O)Nc1ccc(-c2cc3sc(C(C(=O)NCC(=O)NC4CC4)S(C)(=O)=O)nc3cc2F)cc1OC. The van der Waals surface area contributed by atoms with Crippen LogP contribution >= 0.6 is 11.3 Å². The van der Waals surface area contributed by atoms with Gasteiger partial charge in [0.25, 0.3) is 0 Å². The standard InChI is InChI=1S/C24H25FN4O7S2/c1-35-18-8-12(4-7-16(18)29-24(32)36-2)14-9-19-17(10-15(14)25)28-23(37-19)21(38(3,33)34)22(31)26-11-20(30)27-13-5-6-13/h4,7-10,13,21H,5-6,11H2,1-3H3,(H,26,31)(H,27,30)(H,29,32). The van der Waals surface area contributed by atoms with E-state index in [1.54, 1.807) is 6.07 Å². The summed E-state index contributed by atoms with van der Waals surface area (Å²) < 4.78 is 50.5. The number of hydrogen-bond donors (Lipinski definition) is 3. The first-order valence-electron chi connectivity index (χ1n) is 11.4. The largest absolute Gasteiger partial charge is 0.495 e. The van der Waals surface area contributed by atoms with Crippen molar-refractivity contribution >= 4 is 55.0 Å². The number of aromatic nitrogens is 1. The Kier molecular flexibility index (Phi) is 7.83. The van der Waals surface area contributed by atoms with Gasteiger partial charge in [-0.15, -0.1) is 11.3 Å². The van der Waals surface area contributed by atoms with Crippen molar-refractivity contribution in [1.29, 1.82) is 0 Å². The predicted octanol–water partition coefficient (Wildman–Crippen LogP) is 2.77. The minimum atomic E-state index is -3.97. The van der Waals surface area contributed by atoms with Gasteiger partial charge in [-0.3, -0.25) is 14.9 Å². The van der Waals surface area contributed by atoms with Crippen LogP contribution in [0, 0.1) is 5.82 Å². The van der Waals surface area contributed by atoms with E-state index in [4.69, 9.17) is 4.74 Å². The van der Waals surface area contributed by atoms with Gasteiger partial charge in [-0.05, 0) is 36.6 Å². The fourth-order valence-corrected chi connectivity index (χ4v) is 6.21. The Hall–Kier alpha value is -3.78. The molecular formula is C24H25FN4O7S2. The highest BCUT2D eigenvalue weighted by molar-refractivity contribution is 7.91. The average Bonchev–Trinajstić information content (AvgIpc) is 3.58. The Morgan fingerprint density at radius 2 is 1.92 bits per heavy atom. The lowest BCUT2D eigenvalue weighted by atomic mass is 10.0. The van der Waals surface area contributed by atoms with Crippen molar-refractivity contribution in [2.45, 2.75) is 24.1 Å². The number of methoxy groups -OCH3 is 2. The number of nitrogens with zero attached hydrogens (tertiary/aromatic N) is 1. The molecule has 1 saturated carbocycles. The molecule has 11 nitrogen and oxygen atoms in total. The second kappa shape index (κ2) is 10.9. The number of fused-ring (bicyclic) bond motifs is 1. The van der Waals surface area contributed by atoms with Gasteiger partial charge in [-0.2, -0.15) is 0 Å². The van der Waals surface area contributed by atoms with Crippen LogP contribution in [0.1, 0.15) is 23.1 Å². The Morgan fingerprint density at radius 1 is 1.18 bits per heavy atom. The van der Waals surface area contributed by atoms with Crippen LogP contribution in [0.4, 0.5) is 14.9 Å². The Morgan fingerprint density at radius 3 is 2.55 bits per heavy atom. The molecule has 2 aromatic carbocycles. The van der Waals surface area contributed by atoms with Crippen LogP contribution in [-0.4, -0.2) is 64.4 Å². The maximum Gasteiger partial charge on any atom is 0.411 e.